The topological polar surface area (TPSA) is 50.3 Å². The van der Waals surface area contributed by atoms with Gasteiger partial charge in [0.15, 0.2) is 0 Å². The zero-order valence-electron chi connectivity index (χ0n) is 13.7. The van der Waals surface area contributed by atoms with Gasteiger partial charge in [0.05, 0.1) is 6.61 Å². The number of rotatable bonds is 7. The third-order valence-electron chi connectivity index (χ3n) is 3.98. The van der Waals surface area contributed by atoms with E-state index in [0.29, 0.717) is 18.4 Å². The lowest BCUT2D eigenvalue weighted by molar-refractivity contribution is 0.318. The second-order valence-electron chi connectivity index (χ2n) is 5.83. The minimum absolute atomic E-state index is 0.615. The van der Waals surface area contributed by atoms with Crippen LogP contribution in [0.15, 0.2) is 36.5 Å². The highest BCUT2D eigenvalue weighted by Crippen LogP contribution is 2.21. The molecule has 0 aliphatic carbocycles. The van der Waals surface area contributed by atoms with Crippen LogP contribution in [0.25, 0.3) is 0 Å². The van der Waals surface area contributed by atoms with Crippen LogP contribution in [-0.4, -0.2) is 35.5 Å². The molecular formula is C18H23ClN4O. The molecule has 1 aliphatic rings. The Kier molecular flexibility index (Phi) is 6.13. The third-order valence-corrected chi connectivity index (χ3v) is 4.25. The minimum atomic E-state index is 0.615. The number of nitrogens with zero attached hydrogens (tertiary/aromatic N) is 3. The van der Waals surface area contributed by atoms with Crippen LogP contribution in [0.4, 0.5) is 17.5 Å². The standard InChI is InChI=1S/C18H23ClN4O/c19-10-4-14-24-16-7-5-15(6-8-16)21-18-20-11-9-17(22-18)23-12-2-1-3-13-23/h5-9,11H,1-4,10,12-14H2,(H,20,21,22). The normalized spacial score (nSPS) is 14.5. The summed E-state index contributed by atoms with van der Waals surface area (Å²) in [6.45, 7) is 2.78. The van der Waals surface area contributed by atoms with E-state index in [1.807, 2.05) is 36.5 Å². The molecule has 0 unspecified atom stereocenters. The van der Waals surface area contributed by atoms with E-state index in [4.69, 9.17) is 16.3 Å². The van der Waals surface area contributed by atoms with E-state index in [-0.39, 0.29) is 0 Å². The van der Waals surface area contributed by atoms with Gasteiger partial charge in [-0.1, -0.05) is 0 Å². The maximum Gasteiger partial charge on any atom is 0.229 e. The predicted molar refractivity (Wildman–Crippen MR) is 98.7 cm³/mol. The van der Waals surface area contributed by atoms with Crippen LogP contribution in [0.2, 0.25) is 0 Å². The highest BCUT2D eigenvalue weighted by Gasteiger charge is 2.12. The molecule has 0 spiro atoms. The van der Waals surface area contributed by atoms with Gasteiger partial charge in [0.25, 0.3) is 0 Å². The molecule has 0 bridgehead atoms. The van der Waals surface area contributed by atoms with Crippen LogP contribution in [0.5, 0.6) is 5.75 Å². The molecule has 0 amide bonds. The van der Waals surface area contributed by atoms with Gasteiger partial charge in [-0.15, -0.1) is 11.6 Å². The SMILES string of the molecule is ClCCCOc1ccc(Nc2nccc(N3CCCCC3)n2)cc1. The van der Waals surface area contributed by atoms with Crippen molar-refractivity contribution in [3.05, 3.63) is 36.5 Å². The van der Waals surface area contributed by atoms with E-state index in [9.17, 15) is 0 Å². The number of alkyl halides is 1. The Morgan fingerprint density at radius 1 is 1.08 bits per heavy atom. The van der Waals surface area contributed by atoms with Crippen molar-refractivity contribution in [2.75, 3.05) is 35.8 Å². The summed E-state index contributed by atoms with van der Waals surface area (Å²) in [5.41, 5.74) is 0.940. The summed E-state index contributed by atoms with van der Waals surface area (Å²) in [6, 6.07) is 9.78. The van der Waals surface area contributed by atoms with Gasteiger partial charge in [-0.3, -0.25) is 0 Å². The van der Waals surface area contributed by atoms with Crippen LogP contribution in [-0.2, 0) is 0 Å². The largest absolute Gasteiger partial charge is 0.494 e. The number of anilines is 3. The van der Waals surface area contributed by atoms with Crippen LogP contribution in [0.3, 0.4) is 0 Å². The lowest BCUT2D eigenvalue weighted by atomic mass is 10.1. The summed E-state index contributed by atoms with van der Waals surface area (Å²) in [5, 5.41) is 3.25. The van der Waals surface area contributed by atoms with E-state index < -0.39 is 0 Å². The molecule has 24 heavy (non-hydrogen) atoms. The first kappa shape index (κ1) is 16.8. The van der Waals surface area contributed by atoms with Gasteiger partial charge >= 0.3 is 0 Å². The van der Waals surface area contributed by atoms with Crippen LogP contribution >= 0.6 is 11.6 Å². The Morgan fingerprint density at radius 2 is 1.88 bits per heavy atom. The summed E-state index contributed by atoms with van der Waals surface area (Å²) in [5.74, 6) is 3.07. The Morgan fingerprint density at radius 3 is 2.62 bits per heavy atom. The Balaban J connectivity index is 1.61. The van der Waals surface area contributed by atoms with Gasteiger partial charge in [0.2, 0.25) is 5.95 Å². The van der Waals surface area contributed by atoms with Gasteiger partial charge in [-0.2, -0.15) is 4.98 Å². The van der Waals surface area contributed by atoms with Crippen LogP contribution in [0.1, 0.15) is 25.7 Å². The van der Waals surface area contributed by atoms with Gasteiger partial charge in [0, 0.05) is 30.9 Å². The van der Waals surface area contributed by atoms with Gasteiger partial charge in [-0.25, -0.2) is 4.98 Å². The quantitative estimate of drug-likeness (QED) is 0.601. The first-order valence-electron chi connectivity index (χ1n) is 8.49. The average Bonchev–Trinajstić information content (AvgIpc) is 2.64. The molecule has 6 heteroatoms. The fourth-order valence-corrected chi connectivity index (χ4v) is 2.83. The Bertz CT molecular complexity index is 629. The molecule has 3 rings (SSSR count). The number of nitrogens with one attached hydrogen (secondary N) is 1. The summed E-state index contributed by atoms with van der Waals surface area (Å²) in [6.07, 6.45) is 6.43. The van der Waals surface area contributed by atoms with Crippen LogP contribution < -0.4 is 15.0 Å². The second-order valence-corrected chi connectivity index (χ2v) is 6.20. The lowest BCUT2D eigenvalue weighted by Gasteiger charge is -2.27. The van der Waals surface area contributed by atoms with E-state index in [0.717, 1.165) is 36.8 Å². The van der Waals surface area contributed by atoms with E-state index in [1.165, 1.54) is 19.3 Å². The van der Waals surface area contributed by atoms with Gasteiger partial charge in [0.1, 0.15) is 11.6 Å². The van der Waals surface area contributed by atoms with Gasteiger partial charge in [-0.05, 0) is 56.0 Å². The molecule has 0 atom stereocenters. The molecular weight excluding hydrogens is 324 g/mol. The van der Waals surface area contributed by atoms with E-state index in [1.54, 1.807) is 0 Å². The molecule has 0 radical (unpaired) electrons. The van der Waals surface area contributed by atoms with Crippen LogP contribution in [0, 0.1) is 0 Å². The molecule has 128 valence electrons. The average molecular weight is 347 g/mol. The first-order chi connectivity index (χ1) is 11.8. The maximum absolute atomic E-state index is 5.64. The van der Waals surface area contributed by atoms with Crippen molar-refractivity contribution in [2.45, 2.75) is 25.7 Å². The molecule has 2 heterocycles. The molecule has 1 saturated heterocycles. The Labute approximate surface area is 148 Å². The smallest absolute Gasteiger partial charge is 0.229 e. The second kappa shape index (κ2) is 8.73. The highest BCUT2D eigenvalue weighted by molar-refractivity contribution is 6.17. The number of piperidine rings is 1. The number of aromatic nitrogens is 2. The van der Waals surface area contributed by atoms with Crippen molar-refractivity contribution >= 4 is 29.1 Å². The maximum atomic E-state index is 5.64. The summed E-state index contributed by atoms with van der Waals surface area (Å²) in [7, 11) is 0. The predicted octanol–water partition coefficient (Wildman–Crippen LogP) is 4.22. The van der Waals surface area contributed by atoms with Crippen molar-refractivity contribution in [1.82, 2.24) is 9.97 Å². The summed E-state index contributed by atoms with van der Waals surface area (Å²) < 4.78 is 5.60. The van der Waals surface area contributed by atoms with Gasteiger partial charge < -0.3 is 15.0 Å². The monoisotopic (exact) mass is 346 g/mol. The molecule has 2 aromatic rings. The number of hydrogen-bond acceptors (Lipinski definition) is 5. The van der Waals surface area contributed by atoms with Crippen molar-refractivity contribution in [2.24, 2.45) is 0 Å². The summed E-state index contributed by atoms with van der Waals surface area (Å²) in [4.78, 5) is 11.3. The van der Waals surface area contributed by atoms with E-state index in [2.05, 4.69) is 20.2 Å². The number of halogens is 1. The number of ether oxygens (including phenoxy) is 1. The van der Waals surface area contributed by atoms with Crippen molar-refractivity contribution in [3.8, 4) is 5.75 Å². The number of hydrogen-bond donors (Lipinski definition) is 1. The van der Waals surface area contributed by atoms with Crippen molar-refractivity contribution in [1.29, 1.82) is 0 Å². The highest BCUT2D eigenvalue weighted by atomic mass is 35.5. The van der Waals surface area contributed by atoms with Crippen molar-refractivity contribution in [3.63, 3.8) is 0 Å². The third kappa shape index (κ3) is 4.74. The van der Waals surface area contributed by atoms with Crippen molar-refractivity contribution < 1.29 is 4.74 Å². The molecule has 1 fully saturated rings. The zero-order valence-corrected chi connectivity index (χ0v) is 14.5. The zero-order chi connectivity index (χ0) is 16.6. The molecule has 1 aliphatic heterocycles. The van der Waals surface area contributed by atoms with E-state index >= 15 is 0 Å². The molecule has 1 aromatic heterocycles. The Hall–Kier alpha value is -2.01. The molecule has 1 N–H and O–H groups in total. The molecule has 5 nitrogen and oxygen atoms in total. The lowest BCUT2D eigenvalue weighted by Crippen LogP contribution is -2.30. The fraction of sp³-hybridized carbons (Fsp3) is 0.444. The molecule has 0 saturated carbocycles. The summed E-state index contributed by atoms with van der Waals surface area (Å²) >= 11 is 5.64. The number of benzene rings is 1. The fourth-order valence-electron chi connectivity index (χ4n) is 2.72. The first-order valence-corrected chi connectivity index (χ1v) is 9.02. The minimum Gasteiger partial charge on any atom is -0.494 e. The molecule has 1 aromatic carbocycles.